The normalized spacial score (nSPS) is 9.53. The van der Waals surface area contributed by atoms with Gasteiger partial charge in [0.1, 0.15) is 6.54 Å². The molecule has 1 rings (SSSR count). The minimum atomic E-state index is -0.910. The maximum Gasteiger partial charge on any atom is 0.323 e. The van der Waals surface area contributed by atoms with Crippen molar-refractivity contribution in [2.24, 2.45) is 0 Å². The fourth-order valence-electron chi connectivity index (χ4n) is 1.35. The number of hydrogen-bond acceptors (Lipinski definition) is 3. The molecular weight excluding hydrogens is 289 g/mol. The molecule has 0 aliphatic rings. The topological polar surface area (TPSA) is 49.8 Å². The Labute approximate surface area is 123 Å². The summed E-state index contributed by atoms with van der Waals surface area (Å²) in [6.45, 7) is 4.80. The number of nitrogens with zero attached hydrogens (tertiary/aromatic N) is 1. The lowest BCUT2D eigenvalue weighted by Gasteiger charge is -2.22. The monoisotopic (exact) mass is 307 g/mol. The van der Waals surface area contributed by atoms with E-state index in [9.17, 15) is 4.79 Å². The van der Waals surface area contributed by atoms with E-state index in [0.717, 1.165) is 0 Å². The first-order valence-electron chi connectivity index (χ1n) is 5.95. The molecule has 0 bridgehead atoms. The van der Waals surface area contributed by atoms with Crippen LogP contribution in [0.2, 0.25) is 10.0 Å². The van der Waals surface area contributed by atoms with Gasteiger partial charge < -0.3 is 14.7 Å². The highest BCUT2D eigenvalue weighted by atomic mass is 35.5. The lowest BCUT2D eigenvalue weighted by molar-refractivity contribution is -0.135. The quantitative estimate of drug-likeness (QED) is 0.873. The number of carboxylic acid groups (broad SMARTS) is 1. The number of hydrogen-bond donors (Lipinski definition) is 1. The highest BCUT2D eigenvalue weighted by molar-refractivity contribution is 6.42. The van der Waals surface area contributed by atoms with Crippen molar-refractivity contribution in [3.63, 3.8) is 0 Å². The van der Waals surface area contributed by atoms with E-state index in [1.165, 1.54) is 0 Å². The van der Waals surface area contributed by atoms with Gasteiger partial charge >= 0.3 is 5.97 Å². The summed E-state index contributed by atoms with van der Waals surface area (Å²) >= 11 is 11.7. The maximum atomic E-state index is 10.8. The van der Waals surface area contributed by atoms with Crippen LogP contribution in [0, 0.1) is 0 Å². The summed E-state index contributed by atoms with van der Waals surface area (Å²) in [5.74, 6) is -0.910. The van der Waals surface area contributed by atoms with Gasteiger partial charge in [-0.05, 0) is 18.2 Å². The number of rotatable bonds is 6. The Bertz CT molecular complexity index is 399. The molecule has 0 radical (unpaired) electrons. The third-order valence-electron chi connectivity index (χ3n) is 2.16. The Morgan fingerprint density at radius 1 is 1.32 bits per heavy atom. The maximum absolute atomic E-state index is 10.8. The molecular formula is C13H19Cl2NO3. The predicted molar refractivity (Wildman–Crippen MR) is 79.5 cm³/mol. The van der Waals surface area contributed by atoms with Crippen molar-refractivity contribution in [2.45, 2.75) is 13.8 Å². The minimum absolute atomic E-state index is 0.110. The van der Waals surface area contributed by atoms with Crippen LogP contribution in [0.25, 0.3) is 0 Å². The van der Waals surface area contributed by atoms with E-state index in [4.69, 9.17) is 33.0 Å². The van der Waals surface area contributed by atoms with E-state index >= 15 is 0 Å². The zero-order chi connectivity index (χ0) is 14.8. The van der Waals surface area contributed by atoms with E-state index in [0.29, 0.717) is 28.9 Å². The van der Waals surface area contributed by atoms with Crippen molar-refractivity contribution in [1.29, 1.82) is 0 Å². The lowest BCUT2D eigenvalue weighted by Crippen LogP contribution is -2.32. The van der Waals surface area contributed by atoms with Gasteiger partial charge in [0, 0.05) is 19.3 Å². The van der Waals surface area contributed by atoms with Crippen molar-refractivity contribution in [3.05, 3.63) is 28.2 Å². The van der Waals surface area contributed by atoms with E-state index < -0.39 is 5.97 Å². The van der Waals surface area contributed by atoms with Crippen LogP contribution in [0.5, 0.6) is 0 Å². The number of carbonyl (C=O) groups is 1. The number of anilines is 1. The van der Waals surface area contributed by atoms with Crippen molar-refractivity contribution in [1.82, 2.24) is 0 Å². The van der Waals surface area contributed by atoms with Gasteiger partial charge in [0.25, 0.3) is 0 Å². The molecule has 108 valence electrons. The molecule has 0 saturated heterocycles. The lowest BCUT2D eigenvalue weighted by atomic mass is 10.3. The third kappa shape index (κ3) is 6.66. The van der Waals surface area contributed by atoms with Gasteiger partial charge in [-0.25, -0.2) is 0 Å². The summed E-state index contributed by atoms with van der Waals surface area (Å²) in [5, 5.41) is 9.67. The summed E-state index contributed by atoms with van der Waals surface area (Å²) in [7, 11) is 1.56. The van der Waals surface area contributed by atoms with Gasteiger partial charge in [-0.3, -0.25) is 4.79 Å². The van der Waals surface area contributed by atoms with Crippen LogP contribution in [0.3, 0.4) is 0 Å². The SMILES string of the molecule is CC.COCCN(CC(=O)O)c1ccc(Cl)c(Cl)c1. The molecule has 0 aromatic heterocycles. The standard InChI is InChI=1S/C11H13Cl2NO3.C2H6/c1-17-5-4-14(7-11(15)16)8-2-3-9(12)10(13)6-8;1-2/h2-3,6H,4-5,7H2,1H3,(H,15,16);1-2H3. The smallest absolute Gasteiger partial charge is 0.323 e. The summed E-state index contributed by atoms with van der Waals surface area (Å²) in [5.41, 5.74) is 0.707. The first-order valence-corrected chi connectivity index (χ1v) is 6.71. The average Bonchev–Trinajstić information content (AvgIpc) is 2.40. The molecule has 0 saturated carbocycles. The van der Waals surface area contributed by atoms with Crippen LogP contribution >= 0.6 is 23.2 Å². The molecule has 0 unspecified atom stereocenters. The molecule has 4 nitrogen and oxygen atoms in total. The second-order valence-corrected chi connectivity index (χ2v) is 4.22. The number of aliphatic carboxylic acids is 1. The summed E-state index contributed by atoms with van der Waals surface area (Å²) in [4.78, 5) is 12.4. The van der Waals surface area contributed by atoms with Crippen LogP contribution in [0.4, 0.5) is 5.69 Å². The summed E-state index contributed by atoms with van der Waals surface area (Å²) in [6.07, 6.45) is 0. The van der Waals surface area contributed by atoms with Crippen LogP contribution < -0.4 is 4.90 Å². The Hall–Kier alpha value is -0.970. The highest BCUT2D eigenvalue weighted by Gasteiger charge is 2.11. The van der Waals surface area contributed by atoms with Crippen molar-refractivity contribution < 1.29 is 14.6 Å². The zero-order valence-electron chi connectivity index (χ0n) is 11.3. The van der Waals surface area contributed by atoms with E-state index in [1.807, 2.05) is 13.8 Å². The van der Waals surface area contributed by atoms with Crippen LogP contribution in [-0.2, 0) is 9.53 Å². The fraction of sp³-hybridized carbons (Fsp3) is 0.462. The largest absolute Gasteiger partial charge is 0.480 e. The van der Waals surface area contributed by atoms with Crippen LogP contribution in [-0.4, -0.2) is 37.9 Å². The molecule has 1 N–H and O–H groups in total. The van der Waals surface area contributed by atoms with E-state index in [1.54, 1.807) is 30.2 Å². The summed E-state index contributed by atoms with van der Waals surface area (Å²) < 4.78 is 4.94. The Kier molecular flexibility index (Phi) is 9.39. The molecule has 1 aromatic rings. The number of carboxylic acids is 1. The predicted octanol–water partition coefficient (Wildman–Crippen LogP) is 3.56. The average molecular weight is 308 g/mol. The van der Waals surface area contributed by atoms with Gasteiger partial charge in [-0.1, -0.05) is 37.0 Å². The second kappa shape index (κ2) is 9.89. The second-order valence-electron chi connectivity index (χ2n) is 3.41. The Balaban J connectivity index is 0.00000154. The Morgan fingerprint density at radius 3 is 2.42 bits per heavy atom. The van der Waals surface area contributed by atoms with Gasteiger partial charge in [-0.15, -0.1) is 0 Å². The molecule has 0 spiro atoms. The minimum Gasteiger partial charge on any atom is -0.480 e. The van der Waals surface area contributed by atoms with Crippen molar-refractivity contribution in [2.75, 3.05) is 31.7 Å². The van der Waals surface area contributed by atoms with Crippen LogP contribution in [0.15, 0.2) is 18.2 Å². The summed E-state index contributed by atoms with van der Waals surface area (Å²) in [6, 6.07) is 5.01. The van der Waals surface area contributed by atoms with Crippen molar-refractivity contribution >= 4 is 34.9 Å². The Morgan fingerprint density at radius 2 is 1.95 bits per heavy atom. The van der Waals surface area contributed by atoms with E-state index in [2.05, 4.69) is 0 Å². The molecule has 0 heterocycles. The molecule has 0 fully saturated rings. The van der Waals surface area contributed by atoms with Crippen molar-refractivity contribution in [3.8, 4) is 0 Å². The number of ether oxygens (including phenoxy) is 1. The molecule has 0 atom stereocenters. The highest BCUT2D eigenvalue weighted by Crippen LogP contribution is 2.27. The zero-order valence-corrected chi connectivity index (χ0v) is 12.8. The van der Waals surface area contributed by atoms with Gasteiger partial charge in [-0.2, -0.15) is 0 Å². The van der Waals surface area contributed by atoms with Crippen LogP contribution in [0.1, 0.15) is 13.8 Å². The van der Waals surface area contributed by atoms with Gasteiger partial charge in [0.2, 0.25) is 0 Å². The number of halogens is 2. The number of benzene rings is 1. The molecule has 0 amide bonds. The van der Waals surface area contributed by atoms with E-state index in [-0.39, 0.29) is 6.54 Å². The first kappa shape index (κ1) is 18.0. The van der Waals surface area contributed by atoms with Gasteiger partial charge in [0.05, 0.1) is 16.7 Å². The third-order valence-corrected chi connectivity index (χ3v) is 2.90. The number of methoxy groups -OCH3 is 1. The molecule has 1 aromatic carbocycles. The molecule has 6 heteroatoms. The first-order chi connectivity index (χ1) is 9.04. The molecule has 0 aliphatic heterocycles. The molecule has 0 aliphatic carbocycles. The van der Waals surface area contributed by atoms with Gasteiger partial charge in [0.15, 0.2) is 0 Å². The molecule has 19 heavy (non-hydrogen) atoms. The fourth-order valence-corrected chi connectivity index (χ4v) is 1.64.